The number of halogens is 1. The number of nitrogens with one attached hydrogen (secondary N) is 1. The summed E-state index contributed by atoms with van der Waals surface area (Å²) in [5.74, 6) is 2.14. The molecule has 0 radical (unpaired) electrons. The van der Waals surface area contributed by atoms with E-state index < -0.39 is 0 Å². The summed E-state index contributed by atoms with van der Waals surface area (Å²) in [5, 5.41) is 4.09. The van der Waals surface area contributed by atoms with Gasteiger partial charge in [-0.1, -0.05) is 24.4 Å². The average Bonchev–Trinajstić information content (AvgIpc) is 2.90. The molecule has 1 aliphatic carbocycles. The fourth-order valence-electron chi connectivity index (χ4n) is 2.46. The second-order valence-corrected chi connectivity index (χ2v) is 5.13. The second kappa shape index (κ2) is 6.19. The quantitative estimate of drug-likeness (QED) is 0.878. The number of benzene rings is 1. The molecule has 18 heavy (non-hydrogen) atoms. The summed E-state index contributed by atoms with van der Waals surface area (Å²) in [5.41, 5.74) is 0.918. The predicted octanol–water partition coefficient (Wildman–Crippen LogP) is 3.96. The van der Waals surface area contributed by atoms with E-state index in [0.717, 1.165) is 18.2 Å². The Hall–Kier alpha value is -1.09. The van der Waals surface area contributed by atoms with Gasteiger partial charge in [0.05, 0.1) is 24.9 Å². The Labute approximate surface area is 113 Å². The molecule has 2 rings (SSSR count). The highest BCUT2D eigenvalue weighted by Crippen LogP contribution is 2.36. The highest BCUT2D eigenvalue weighted by atomic mass is 35.5. The van der Waals surface area contributed by atoms with E-state index >= 15 is 0 Å². The van der Waals surface area contributed by atoms with Crippen molar-refractivity contribution in [1.29, 1.82) is 0 Å². The summed E-state index contributed by atoms with van der Waals surface area (Å²) in [4.78, 5) is 0. The van der Waals surface area contributed by atoms with E-state index in [1.807, 2.05) is 6.07 Å². The number of rotatable bonds is 5. The van der Waals surface area contributed by atoms with E-state index in [1.165, 1.54) is 25.7 Å². The van der Waals surface area contributed by atoms with Gasteiger partial charge in [-0.05, 0) is 18.8 Å². The molecule has 0 aliphatic heterocycles. The summed E-state index contributed by atoms with van der Waals surface area (Å²) < 4.78 is 10.5. The van der Waals surface area contributed by atoms with E-state index in [1.54, 1.807) is 20.3 Å². The lowest BCUT2D eigenvalue weighted by molar-refractivity contribution is 0.355. The van der Waals surface area contributed by atoms with Crippen LogP contribution in [0.15, 0.2) is 12.1 Å². The molecule has 0 amide bonds. The van der Waals surface area contributed by atoms with Gasteiger partial charge < -0.3 is 14.8 Å². The Morgan fingerprint density at radius 2 is 1.78 bits per heavy atom. The van der Waals surface area contributed by atoms with Crippen LogP contribution >= 0.6 is 11.6 Å². The van der Waals surface area contributed by atoms with Crippen LogP contribution in [0.25, 0.3) is 0 Å². The van der Waals surface area contributed by atoms with Gasteiger partial charge in [0.15, 0.2) is 11.5 Å². The van der Waals surface area contributed by atoms with Gasteiger partial charge in [0.1, 0.15) is 0 Å². The number of anilines is 1. The number of ether oxygens (including phenoxy) is 2. The van der Waals surface area contributed by atoms with Gasteiger partial charge in [0.2, 0.25) is 0 Å². The van der Waals surface area contributed by atoms with Crippen LogP contribution in [0, 0.1) is 5.92 Å². The SMILES string of the molecule is COc1cc(Cl)c(NCC2CCCC2)cc1OC. The van der Waals surface area contributed by atoms with Crippen molar-refractivity contribution in [1.82, 2.24) is 0 Å². The van der Waals surface area contributed by atoms with Crippen LogP contribution in [0.2, 0.25) is 5.02 Å². The van der Waals surface area contributed by atoms with Crippen molar-refractivity contribution >= 4 is 17.3 Å². The van der Waals surface area contributed by atoms with Gasteiger partial charge in [-0.25, -0.2) is 0 Å². The summed E-state index contributed by atoms with van der Waals surface area (Å²) in [7, 11) is 3.24. The molecule has 1 aromatic carbocycles. The number of hydrogen-bond acceptors (Lipinski definition) is 3. The lowest BCUT2D eigenvalue weighted by Gasteiger charge is -2.15. The van der Waals surface area contributed by atoms with Gasteiger partial charge in [-0.3, -0.25) is 0 Å². The lowest BCUT2D eigenvalue weighted by atomic mass is 10.1. The molecule has 1 aromatic rings. The van der Waals surface area contributed by atoms with Crippen LogP contribution in [0.4, 0.5) is 5.69 Å². The largest absolute Gasteiger partial charge is 0.493 e. The molecule has 0 bridgehead atoms. The van der Waals surface area contributed by atoms with Crippen molar-refractivity contribution in [2.45, 2.75) is 25.7 Å². The molecule has 1 aliphatic rings. The van der Waals surface area contributed by atoms with Gasteiger partial charge in [-0.15, -0.1) is 0 Å². The highest BCUT2D eigenvalue weighted by molar-refractivity contribution is 6.33. The molecule has 0 saturated heterocycles. The smallest absolute Gasteiger partial charge is 0.162 e. The molecule has 4 heteroatoms. The summed E-state index contributed by atoms with van der Waals surface area (Å²) in [6.07, 6.45) is 5.34. The maximum Gasteiger partial charge on any atom is 0.162 e. The molecule has 0 heterocycles. The number of methoxy groups -OCH3 is 2. The first kappa shape index (κ1) is 13.3. The second-order valence-electron chi connectivity index (χ2n) is 4.72. The minimum atomic E-state index is 0.661. The van der Waals surface area contributed by atoms with Crippen molar-refractivity contribution in [3.63, 3.8) is 0 Å². The molecule has 0 atom stereocenters. The molecule has 1 fully saturated rings. The van der Waals surface area contributed by atoms with Gasteiger partial charge in [0.25, 0.3) is 0 Å². The lowest BCUT2D eigenvalue weighted by Crippen LogP contribution is -2.11. The molecule has 3 nitrogen and oxygen atoms in total. The van der Waals surface area contributed by atoms with Crippen LogP contribution in [0.5, 0.6) is 11.5 Å². The monoisotopic (exact) mass is 269 g/mol. The van der Waals surface area contributed by atoms with Crippen molar-refractivity contribution in [3.8, 4) is 11.5 Å². The minimum absolute atomic E-state index is 0.661. The molecular weight excluding hydrogens is 250 g/mol. The van der Waals surface area contributed by atoms with Crippen LogP contribution in [0.1, 0.15) is 25.7 Å². The van der Waals surface area contributed by atoms with E-state index in [4.69, 9.17) is 21.1 Å². The third-order valence-electron chi connectivity index (χ3n) is 3.53. The van der Waals surface area contributed by atoms with Crippen molar-refractivity contribution in [2.75, 3.05) is 26.1 Å². The fourth-order valence-corrected chi connectivity index (χ4v) is 2.68. The van der Waals surface area contributed by atoms with E-state index in [9.17, 15) is 0 Å². The van der Waals surface area contributed by atoms with Crippen LogP contribution in [0.3, 0.4) is 0 Å². The van der Waals surface area contributed by atoms with Gasteiger partial charge in [0, 0.05) is 18.7 Å². The first-order chi connectivity index (χ1) is 8.74. The van der Waals surface area contributed by atoms with Crippen molar-refractivity contribution < 1.29 is 9.47 Å². The van der Waals surface area contributed by atoms with E-state index in [-0.39, 0.29) is 0 Å². The Morgan fingerprint density at radius 3 is 2.39 bits per heavy atom. The molecule has 0 unspecified atom stereocenters. The Kier molecular flexibility index (Phi) is 4.59. The van der Waals surface area contributed by atoms with Crippen LogP contribution in [-0.2, 0) is 0 Å². The van der Waals surface area contributed by atoms with E-state index in [2.05, 4.69) is 5.32 Å². The first-order valence-electron chi connectivity index (χ1n) is 6.40. The van der Waals surface area contributed by atoms with Crippen LogP contribution < -0.4 is 14.8 Å². The molecule has 0 aromatic heterocycles. The van der Waals surface area contributed by atoms with E-state index in [0.29, 0.717) is 16.5 Å². The first-order valence-corrected chi connectivity index (χ1v) is 6.77. The standard InChI is InChI=1S/C14H20ClNO2/c1-17-13-7-11(15)12(8-14(13)18-2)16-9-10-5-3-4-6-10/h7-8,10,16H,3-6,9H2,1-2H3. The molecule has 1 N–H and O–H groups in total. The maximum absolute atomic E-state index is 6.22. The summed E-state index contributed by atoms with van der Waals surface area (Å²) >= 11 is 6.22. The molecule has 1 saturated carbocycles. The Balaban J connectivity index is 2.06. The van der Waals surface area contributed by atoms with Crippen molar-refractivity contribution in [3.05, 3.63) is 17.2 Å². The zero-order valence-electron chi connectivity index (χ0n) is 11.0. The zero-order valence-corrected chi connectivity index (χ0v) is 11.7. The zero-order chi connectivity index (χ0) is 13.0. The maximum atomic E-state index is 6.22. The summed E-state index contributed by atoms with van der Waals surface area (Å²) in [6.45, 7) is 0.981. The topological polar surface area (TPSA) is 30.5 Å². The summed E-state index contributed by atoms with van der Waals surface area (Å²) in [6, 6.07) is 3.69. The third-order valence-corrected chi connectivity index (χ3v) is 3.84. The Bertz CT molecular complexity index is 403. The highest BCUT2D eigenvalue weighted by Gasteiger charge is 2.16. The minimum Gasteiger partial charge on any atom is -0.493 e. The van der Waals surface area contributed by atoms with Crippen molar-refractivity contribution in [2.24, 2.45) is 5.92 Å². The molecular formula is C14H20ClNO2. The normalized spacial score (nSPS) is 15.7. The number of hydrogen-bond donors (Lipinski definition) is 1. The Morgan fingerprint density at radius 1 is 1.17 bits per heavy atom. The molecule has 100 valence electrons. The molecule has 0 spiro atoms. The predicted molar refractivity (Wildman–Crippen MR) is 75.0 cm³/mol. The average molecular weight is 270 g/mol. The van der Waals surface area contributed by atoms with Crippen LogP contribution in [-0.4, -0.2) is 20.8 Å². The fraction of sp³-hybridized carbons (Fsp3) is 0.571. The third kappa shape index (κ3) is 3.02. The van der Waals surface area contributed by atoms with Gasteiger partial charge in [-0.2, -0.15) is 0 Å². The van der Waals surface area contributed by atoms with Gasteiger partial charge >= 0.3 is 0 Å².